The molecule has 0 aromatic heterocycles. The third-order valence-corrected chi connectivity index (χ3v) is 4.31. The standard InChI is InChI=1S/C24H26N2O3/c1-18-11-12-23(19(2)15-18)26-24(27)17-25-20-7-6-10-22(16-20)29-14-13-28-21-8-4-3-5-9-21/h3-12,15-16,25H,13-14,17H2,1-2H3,(H,26,27). The molecule has 0 atom stereocenters. The summed E-state index contributed by atoms with van der Waals surface area (Å²) in [4.78, 5) is 12.2. The lowest BCUT2D eigenvalue weighted by Gasteiger charge is -2.12. The number of carbonyl (C=O) groups excluding carboxylic acids is 1. The Morgan fingerprint density at radius 2 is 1.55 bits per heavy atom. The minimum Gasteiger partial charge on any atom is -0.490 e. The highest BCUT2D eigenvalue weighted by Gasteiger charge is 2.05. The molecule has 3 aromatic rings. The molecule has 0 bridgehead atoms. The zero-order chi connectivity index (χ0) is 20.5. The molecule has 0 aliphatic rings. The summed E-state index contributed by atoms with van der Waals surface area (Å²) >= 11 is 0. The van der Waals surface area contributed by atoms with E-state index in [1.807, 2.05) is 86.6 Å². The van der Waals surface area contributed by atoms with Gasteiger partial charge in [-0.1, -0.05) is 42.0 Å². The van der Waals surface area contributed by atoms with E-state index in [0.29, 0.717) is 13.2 Å². The largest absolute Gasteiger partial charge is 0.490 e. The maximum absolute atomic E-state index is 12.2. The number of carbonyl (C=O) groups is 1. The lowest BCUT2D eigenvalue weighted by molar-refractivity contribution is -0.114. The van der Waals surface area contributed by atoms with Crippen LogP contribution in [0.15, 0.2) is 72.8 Å². The first-order valence-electron chi connectivity index (χ1n) is 9.62. The number of rotatable bonds is 9. The highest BCUT2D eigenvalue weighted by Crippen LogP contribution is 2.18. The molecule has 0 saturated carbocycles. The molecule has 3 rings (SSSR count). The van der Waals surface area contributed by atoms with Crippen molar-refractivity contribution in [1.82, 2.24) is 0 Å². The second-order valence-electron chi connectivity index (χ2n) is 6.76. The molecule has 0 heterocycles. The van der Waals surface area contributed by atoms with Crippen molar-refractivity contribution in [1.29, 1.82) is 0 Å². The molecule has 5 nitrogen and oxygen atoms in total. The molecule has 0 unspecified atom stereocenters. The van der Waals surface area contributed by atoms with Gasteiger partial charge in [0.15, 0.2) is 0 Å². The van der Waals surface area contributed by atoms with Crippen molar-refractivity contribution in [3.8, 4) is 11.5 Å². The molecule has 5 heteroatoms. The van der Waals surface area contributed by atoms with E-state index in [2.05, 4.69) is 10.6 Å². The SMILES string of the molecule is Cc1ccc(NC(=O)CNc2cccc(OCCOc3ccccc3)c2)c(C)c1. The van der Waals surface area contributed by atoms with Crippen molar-refractivity contribution in [2.24, 2.45) is 0 Å². The van der Waals surface area contributed by atoms with Gasteiger partial charge in [0.1, 0.15) is 24.7 Å². The van der Waals surface area contributed by atoms with E-state index in [1.165, 1.54) is 5.56 Å². The van der Waals surface area contributed by atoms with E-state index in [1.54, 1.807) is 0 Å². The number of para-hydroxylation sites is 1. The molecule has 0 fully saturated rings. The van der Waals surface area contributed by atoms with Gasteiger partial charge < -0.3 is 20.1 Å². The number of ether oxygens (including phenoxy) is 2. The van der Waals surface area contributed by atoms with E-state index in [0.717, 1.165) is 28.4 Å². The number of aryl methyl sites for hydroxylation is 2. The number of anilines is 2. The molecular formula is C24H26N2O3. The fourth-order valence-electron chi connectivity index (χ4n) is 2.86. The maximum atomic E-state index is 12.2. The Morgan fingerprint density at radius 3 is 2.31 bits per heavy atom. The summed E-state index contributed by atoms with van der Waals surface area (Å²) in [6, 6.07) is 23.1. The maximum Gasteiger partial charge on any atom is 0.243 e. The Balaban J connectivity index is 1.43. The molecule has 0 aliphatic carbocycles. The van der Waals surface area contributed by atoms with Gasteiger partial charge in [-0.3, -0.25) is 4.79 Å². The van der Waals surface area contributed by atoms with E-state index in [-0.39, 0.29) is 12.5 Å². The molecule has 0 saturated heterocycles. The molecule has 0 aliphatic heterocycles. The van der Waals surface area contributed by atoms with Crippen LogP contribution in [0.3, 0.4) is 0 Å². The van der Waals surface area contributed by atoms with E-state index in [4.69, 9.17) is 9.47 Å². The molecule has 150 valence electrons. The quantitative estimate of drug-likeness (QED) is 0.515. The number of hydrogen-bond donors (Lipinski definition) is 2. The zero-order valence-electron chi connectivity index (χ0n) is 16.8. The Hall–Kier alpha value is -3.47. The van der Waals surface area contributed by atoms with Crippen LogP contribution >= 0.6 is 0 Å². The van der Waals surface area contributed by atoms with Gasteiger partial charge in [0.2, 0.25) is 5.91 Å². The van der Waals surface area contributed by atoms with Gasteiger partial charge in [-0.15, -0.1) is 0 Å². The summed E-state index contributed by atoms with van der Waals surface area (Å²) in [6.07, 6.45) is 0. The third-order valence-electron chi connectivity index (χ3n) is 4.31. The van der Waals surface area contributed by atoms with E-state index < -0.39 is 0 Å². The van der Waals surface area contributed by atoms with Gasteiger partial charge in [0.25, 0.3) is 0 Å². The van der Waals surface area contributed by atoms with Crippen LogP contribution in [0.2, 0.25) is 0 Å². The summed E-state index contributed by atoms with van der Waals surface area (Å²) in [7, 11) is 0. The summed E-state index contributed by atoms with van der Waals surface area (Å²) in [5.41, 5.74) is 3.87. The van der Waals surface area contributed by atoms with Gasteiger partial charge in [-0.25, -0.2) is 0 Å². The predicted octanol–water partition coefficient (Wildman–Crippen LogP) is 4.81. The van der Waals surface area contributed by atoms with Crippen molar-refractivity contribution >= 4 is 17.3 Å². The average molecular weight is 390 g/mol. The summed E-state index contributed by atoms with van der Waals surface area (Å²) in [5.74, 6) is 1.45. The minimum absolute atomic E-state index is 0.0977. The van der Waals surface area contributed by atoms with Crippen LogP contribution in [0.1, 0.15) is 11.1 Å². The van der Waals surface area contributed by atoms with Gasteiger partial charge in [0.05, 0.1) is 6.54 Å². The van der Waals surface area contributed by atoms with Crippen LogP contribution in [0.5, 0.6) is 11.5 Å². The van der Waals surface area contributed by atoms with Crippen molar-refractivity contribution in [3.05, 3.63) is 83.9 Å². The van der Waals surface area contributed by atoms with Crippen LogP contribution in [-0.4, -0.2) is 25.7 Å². The number of amides is 1. The van der Waals surface area contributed by atoms with Crippen LogP contribution in [0.4, 0.5) is 11.4 Å². The van der Waals surface area contributed by atoms with Gasteiger partial charge in [-0.05, 0) is 49.7 Å². The monoisotopic (exact) mass is 390 g/mol. The first kappa shape index (κ1) is 20.3. The summed E-state index contributed by atoms with van der Waals surface area (Å²) in [5, 5.41) is 6.06. The second-order valence-corrected chi connectivity index (χ2v) is 6.76. The van der Waals surface area contributed by atoms with Crippen molar-refractivity contribution < 1.29 is 14.3 Å². The van der Waals surface area contributed by atoms with Crippen LogP contribution < -0.4 is 20.1 Å². The normalized spacial score (nSPS) is 10.3. The minimum atomic E-state index is -0.0977. The molecule has 2 N–H and O–H groups in total. The first-order valence-corrected chi connectivity index (χ1v) is 9.62. The number of nitrogens with one attached hydrogen (secondary N) is 2. The molecule has 29 heavy (non-hydrogen) atoms. The van der Waals surface area contributed by atoms with Crippen molar-refractivity contribution in [2.45, 2.75) is 13.8 Å². The Bertz CT molecular complexity index is 942. The van der Waals surface area contributed by atoms with Gasteiger partial charge in [-0.2, -0.15) is 0 Å². The summed E-state index contributed by atoms with van der Waals surface area (Å²) < 4.78 is 11.3. The Kier molecular flexibility index (Phi) is 7.11. The highest BCUT2D eigenvalue weighted by molar-refractivity contribution is 5.94. The third kappa shape index (κ3) is 6.57. The van der Waals surface area contributed by atoms with Gasteiger partial charge in [0, 0.05) is 17.4 Å². The number of benzene rings is 3. The molecule has 3 aromatic carbocycles. The molecular weight excluding hydrogens is 364 g/mol. The Morgan fingerprint density at radius 1 is 0.828 bits per heavy atom. The van der Waals surface area contributed by atoms with E-state index in [9.17, 15) is 4.79 Å². The van der Waals surface area contributed by atoms with Crippen LogP contribution in [-0.2, 0) is 4.79 Å². The lowest BCUT2D eigenvalue weighted by Crippen LogP contribution is -2.22. The summed E-state index contributed by atoms with van der Waals surface area (Å²) in [6.45, 7) is 5.08. The van der Waals surface area contributed by atoms with Crippen molar-refractivity contribution in [3.63, 3.8) is 0 Å². The molecule has 0 spiro atoms. The van der Waals surface area contributed by atoms with E-state index >= 15 is 0 Å². The first-order chi connectivity index (χ1) is 14.1. The predicted molar refractivity (Wildman–Crippen MR) is 117 cm³/mol. The molecule has 0 radical (unpaired) electrons. The number of hydrogen-bond acceptors (Lipinski definition) is 4. The highest BCUT2D eigenvalue weighted by atomic mass is 16.5. The van der Waals surface area contributed by atoms with Crippen LogP contribution in [0, 0.1) is 13.8 Å². The lowest BCUT2D eigenvalue weighted by atomic mass is 10.1. The second kappa shape index (κ2) is 10.2. The molecule has 1 amide bonds. The van der Waals surface area contributed by atoms with Crippen molar-refractivity contribution in [2.75, 3.05) is 30.4 Å². The smallest absolute Gasteiger partial charge is 0.243 e. The van der Waals surface area contributed by atoms with Crippen LogP contribution in [0.25, 0.3) is 0 Å². The van der Waals surface area contributed by atoms with Gasteiger partial charge >= 0.3 is 0 Å². The Labute approximate surface area is 171 Å². The average Bonchev–Trinajstić information content (AvgIpc) is 2.73. The fraction of sp³-hybridized carbons (Fsp3) is 0.208. The topological polar surface area (TPSA) is 59.6 Å². The fourth-order valence-corrected chi connectivity index (χ4v) is 2.86. The zero-order valence-corrected chi connectivity index (χ0v) is 16.8.